The first-order valence-electron chi connectivity index (χ1n) is 19.6. The number of esters is 8. The van der Waals surface area contributed by atoms with Crippen LogP contribution in [0.25, 0.3) is 0 Å². The molecule has 0 N–H and O–H groups in total. The van der Waals surface area contributed by atoms with Crippen LogP contribution in [-0.2, 0) is 76.3 Å². The van der Waals surface area contributed by atoms with Crippen molar-refractivity contribution in [3.63, 3.8) is 0 Å². The van der Waals surface area contributed by atoms with Crippen molar-refractivity contribution < 1.29 is 76.3 Å². The third-order valence-corrected chi connectivity index (χ3v) is 11.3. The van der Waals surface area contributed by atoms with Gasteiger partial charge in [0.05, 0.1) is 0 Å². The van der Waals surface area contributed by atoms with Crippen LogP contribution < -0.4 is 0 Å². The number of allylic oxidation sites excluding steroid dienone is 8. The molecule has 0 atom stereocenters. The summed E-state index contributed by atoms with van der Waals surface area (Å²) >= 11 is 0. The SMILES string of the molecule is CC(=CC=C1C(=O)OC2(CCC3(CC2)OC(=O)C(/C=C/C(C)=CC=C2C(=O)OC4(CCCCC4)OC2=O)C(=O)O3)OC1=O)/C=C/C1C(=O)OC2(CCCCC2)OC1=O. The van der Waals surface area contributed by atoms with Gasteiger partial charge in [-0.3, -0.25) is 19.2 Å². The smallest absolute Gasteiger partial charge is 0.348 e. The van der Waals surface area contributed by atoms with E-state index < -0.39 is 88.3 Å². The maximum absolute atomic E-state index is 13.0. The Balaban J connectivity index is 0.906. The maximum atomic E-state index is 13.0. The quantitative estimate of drug-likeness (QED) is 0.0884. The van der Waals surface area contributed by atoms with Crippen LogP contribution in [0.5, 0.6) is 0 Å². The first kappa shape index (κ1) is 40.4. The van der Waals surface area contributed by atoms with Gasteiger partial charge in [0.25, 0.3) is 23.1 Å². The number of ether oxygens (including phenoxy) is 8. The van der Waals surface area contributed by atoms with Crippen molar-refractivity contribution in [2.24, 2.45) is 11.8 Å². The molecule has 4 aliphatic heterocycles. The fourth-order valence-corrected chi connectivity index (χ4v) is 7.96. The highest BCUT2D eigenvalue weighted by Gasteiger charge is 2.57. The van der Waals surface area contributed by atoms with Gasteiger partial charge in [0.2, 0.25) is 0 Å². The summed E-state index contributed by atoms with van der Waals surface area (Å²) in [4.78, 5) is 103. The third kappa shape index (κ3) is 8.41. The minimum Gasteiger partial charge on any atom is -0.422 e. The van der Waals surface area contributed by atoms with Crippen LogP contribution >= 0.6 is 0 Å². The third-order valence-electron chi connectivity index (χ3n) is 11.3. The summed E-state index contributed by atoms with van der Waals surface area (Å²) in [5.41, 5.74) is 0.287. The number of carbonyl (C=O) groups excluding carboxylic acids is 8. The van der Waals surface area contributed by atoms with Gasteiger partial charge >= 0.3 is 47.8 Å². The van der Waals surface area contributed by atoms with E-state index in [4.69, 9.17) is 37.9 Å². The number of carbonyl (C=O) groups is 8. The topological polar surface area (TPSA) is 210 Å². The Morgan fingerprint density at radius 3 is 1.02 bits per heavy atom. The Hall–Kier alpha value is -5.80. The van der Waals surface area contributed by atoms with E-state index >= 15 is 0 Å². The Kier molecular flexibility index (Phi) is 11.0. The zero-order valence-corrected chi connectivity index (χ0v) is 32.2. The highest BCUT2D eigenvalue weighted by atomic mass is 16.8. The standard InChI is InChI=1S/C42H44O16/c1-25(9-13-27-31(43)51-39(52-32(27)44)17-5-3-6-18-39)11-15-29-35(47)55-41(56-36(29)48)21-23-42(24-22-41)57-37(49)30(38(50)58-42)16-12-26(2)10-14-28-33(45)53-40(54-34(28)46)19-7-4-8-20-40/h9-16,27,30H,3-8,17-24H2,1-2H3/b13-9+,16-12+,25-11?,26-10?,29-15?. The molecular weight excluding hydrogens is 760 g/mol. The summed E-state index contributed by atoms with van der Waals surface area (Å²) in [5.74, 6) is -15.0. The molecule has 0 aromatic heterocycles. The highest BCUT2D eigenvalue weighted by Crippen LogP contribution is 2.45. The van der Waals surface area contributed by atoms with E-state index in [2.05, 4.69) is 0 Å². The fraction of sp³-hybridized carbons (Fsp3) is 0.524. The summed E-state index contributed by atoms with van der Waals surface area (Å²) < 4.78 is 44.3. The minimum atomic E-state index is -1.67. The second-order valence-electron chi connectivity index (χ2n) is 15.7. The van der Waals surface area contributed by atoms with Crippen LogP contribution in [0.2, 0.25) is 0 Å². The lowest BCUT2D eigenvalue weighted by Gasteiger charge is -2.46. The van der Waals surface area contributed by atoms with E-state index in [1.165, 1.54) is 48.6 Å². The van der Waals surface area contributed by atoms with Crippen LogP contribution in [-0.4, -0.2) is 70.9 Å². The van der Waals surface area contributed by atoms with Gasteiger partial charge < -0.3 is 37.9 Å². The van der Waals surface area contributed by atoms with E-state index in [-0.39, 0.29) is 31.3 Å². The summed E-state index contributed by atoms with van der Waals surface area (Å²) in [6.45, 7) is 3.25. The van der Waals surface area contributed by atoms with Crippen molar-refractivity contribution >= 4 is 47.8 Å². The van der Waals surface area contributed by atoms with Gasteiger partial charge in [-0.25, -0.2) is 19.2 Å². The normalized spacial score (nSPS) is 31.4. The molecule has 0 unspecified atom stereocenters. The molecule has 3 saturated carbocycles. The average Bonchev–Trinajstić information content (AvgIpc) is 3.15. The molecule has 0 radical (unpaired) electrons. The van der Waals surface area contributed by atoms with Crippen LogP contribution in [0.15, 0.2) is 70.9 Å². The van der Waals surface area contributed by atoms with E-state index in [1.54, 1.807) is 13.8 Å². The Labute approximate surface area is 333 Å². The first-order valence-corrected chi connectivity index (χ1v) is 19.6. The van der Waals surface area contributed by atoms with Crippen molar-refractivity contribution in [1.82, 2.24) is 0 Å². The molecule has 7 rings (SSSR count). The number of hydrogen-bond acceptors (Lipinski definition) is 16. The molecule has 58 heavy (non-hydrogen) atoms. The second-order valence-corrected chi connectivity index (χ2v) is 15.7. The van der Waals surface area contributed by atoms with Crippen LogP contribution in [0.4, 0.5) is 0 Å². The van der Waals surface area contributed by atoms with Gasteiger partial charge in [-0.1, -0.05) is 60.4 Å². The minimum absolute atomic E-state index is 0.128. The largest absolute Gasteiger partial charge is 0.422 e. The van der Waals surface area contributed by atoms with Crippen molar-refractivity contribution in [1.29, 1.82) is 0 Å². The molecule has 7 fully saturated rings. The predicted molar refractivity (Wildman–Crippen MR) is 193 cm³/mol. The van der Waals surface area contributed by atoms with Crippen LogP contribution in [0.3, 0.4) is 0 Å². The van der Waals surface area contributed by atoms with E-state index in [0.29, 0.717) is 36.8 Å². The lowest BCUT2D eigenvalue weighted by Crippen LogP contribution is -2.57. The van der Waals surface area contributed by atoms with Gasteiger partial charge in [-0.05, 0) is 51.7 Å². The van der Waals surface area contributed by atoms with Crippen molar-refractivity contribution in [3.05, 3.63) is 70.9 Å². The van der Waals surface area contributed by atoms with E-state index in [1.807, 2.05) is 0 Å². The monoisotopic (exact) mass is 804 g/mol. The van der Waals surface area contributed by atoms with Gasteiger partial charge in [-0.15, -0.1) is 0 Å². The molecule has 0 aromatic carbocycles. The lowest BCUT2D eigenvalue weighted by atomic mass is 9.87. The molecule has 4 heterocycles. The second kappa shape index (κ2) is 15.9. The number of hydrogen-bond donors (Lipinski definition) is 0. The Bertz CT molecular complexity index is 1900. The molecule has 16 nitrogen and oxygen atoms in total. The summed E-state index contributed by atoms with van der Waals surface area (Å²) in [7, 11) is 0. The summed E-state index contributed by atoms with van der Waals surface area (Å²) in [6, 6.07) is 0. The first-order chi connectivity index (χ1) is 27.6. The Morgan fingerprint density at radius 1 is 0.414 bits per heavy atom. The molecule has 4 saturated heterocycles. The van der Waals surface area contributed by atoms with Gasteiger partial charge in [0, 0.05) is 51.4 Å². The molecule has 0 bridgehead atoms. The van der Waals surface area contributed by atoms with Crippen LogP contribution in [0.1, 0.15) is 104 Å². The molecule has 308 valence electrons. The maximum Gasteiger partial charge on any atom is 0.348 e. The van der Waals surface area contributed by atoms with E-state index in [0.717, 1.165) is 38.5 Å². The molecule has 0 amide bonds. The molecule has 3 aliphatic carbocycles. The van der Waals surface area contributed by atoms with Crippen molar-refractivity contribution in [2.75, 3.05) is 0 Å². The highest BCUT2D eigenvalue weighted by molar-refractivity contribution is 6.16. The zero-order chi connectivity index (χ0) is 41.3. The molecule has 4 spiro atoms. The molecule has 0 aromatic rings. The summed E-state index contributed by atoms with van der Waals surface area (Å²) in [6.07, 6.45) is 17.2. The van der Waals surface area contributed by atoms with Gasteiger partial charge in [0.15, 0.2) is 11.8 Å². The molecule has 7 aliphatic rings. The number of rotatable bonds is 6. The van der Waals surface area contributed by atoms with Crippen LogP contribution in [0, 0.1) is 11.8 Å². The average molecular weight is 805 g/mol. The zero-order valence-electron chi connectivity index (χ0n) is 32.2. The van der Waals surface area contributed by atoms with Crippen molar-refractivity contribution in [3.8, 4) is 0 Å². The fourth-order valence-electron chi connectivity index (χ4n) is 7.96. The predicted octanol–water partition coefficient (Wildman–Crippen LogP) is 4.76. The lowest BCUT2D eigenvalue weighted by molar-refractivity contribution is -0.297. The molecule has 16 heteroatoms. The summed E-state index contributed by atoms with van der Waals surface area (Å²) in [5, 5.41) is 0. The van der Waals surface area contributed by atoms with Crippen molar-refractivity contribution in [2.45, 2.75) is 127 Å². The van der Waals surface area contributed by atoms with E-state index in [9.17, 15) is 38.4 Å². The van der Waals surface area contributed by atoms with Gasteiger partial charge in [0.1, 0.15) is 11.1 Å². The molecular formula is C42H44O16. The Morgan fingerprint density at radius 2 is 0.690 bits per heavy atom. The van der Waals surface area contributed by atoms with Gasteiger partial charge in [-0.2, -0.15) is 0 Å².